The number of aryl methyl sites for hydroxylation is 1. The normalized spacial score (nSPS) is 20.2. The smallest absolute Gasteiger partial charge is 0.0995 e. The van der Waals surface area contributed by atoms with Gasteiger partial charge in [0.1, 0.15) is 0 Å². The molecule has 18 heavy (non-hydrogen) atoms. The van der Waals surface area contributed by atoms with Gasteiger partial charge in [-0.25, -0.2) is 4.98 Å². The van der Waals surface area contributed by atoms with Gasteiger partial charge in [0.2, 0.25) is 0 Å². The van der Waals surface area contributed by atoms with Crippen LogP contribution in [0.15, 0.2) is 24.9 Å². The molecular weight excluding hydrogens is 226 g/mol. The van der Waals surface area contributed by atoms with E-state index >= 15 is 0 Å². The molecule has 2 aromatic rings. The first-order valence-electron chi connectivity index (χ1n) is 6.64. The SMILES string of the molecule is CCn1cc(-n2cncc2C2CCCNC2)cn1. The molecule has 0 bridgehead atoms. The molecular formula is C13H19N5. The molecule has 2 aromatic heterocycles. The van der Waals surface area contributed by atoms with E-state index in [0.29, 0.717) is 5.92 Å². The molecule has 1 aliphatic rings. The van der Waals surface area contributed by atoms with Crippen molar-refractivity contribution in [3.8, 4) is 5.69 Å². The highest BCUT2D eigenvalue weighted by atomic mass is 15.3. The number of nitrogens with zero attached hydrogens (tertiary/aromatic N) is 4. The lowest BCUT2D eigenvalue weighted by molar-refractivity contribution is 0.451. The van der Waals surface area contributed by atoms with Gasteiger partial charge in [-0.1, -0.05) is 0 Å². The Morgan fingerprint density at radius 1 is 1.44 bits per heavy atom. The predicted molar refractivity (Wildman–Crippen MR) is 69.9 cm³/mol. The van der Waals surface area contributed by atoms with Crippen molar-refractivity contribution in [2.24, 2.45) is 0 Å². The molecule has 0 amide bonds. The van der Waals surface area contributed by atoms with E-state index in [1.165, 1.54) is 18.5 Å². The van der Waals surface area contributed by atoms with Gasteiger partial charge >= 0.3 is 0 Å². The van der Waals surface area contributed by atoms with Crippen LogP contribution in [-0.2, 0) is 6.54 Å². The van der Waals surface area contributed by atoms with Crippen LogP contribution in [0.3, 0.4) is 0 Å². The molecule has 0 saturated carbocycles. The highest BCUT2D eigenvalue weighted by molar-refractivity contribution is 5.30. The summed E-state index contributed by atoms with van der Waals surface area (Å²) in [4.78, 5) is 4.31. The molecule has 0 aromatic carbocycles. The molecule has 1 fully saturated rings. The average molecular weight is 245 g/mol. The molecule has 96 valence electrons. The molecule has 3 heterocycles. The summed E-state index contributed by atoms with van der Waals surface area (Å²) in [6, 6.07) is 0. The Morgan fingerprint density at radius 3 is 3.11 bits per heavy atom. The topological polar surface area (TPSA) is 47.7 Å². The van der Waals surface area contributed by atoms with E-state index in [0.717, 1.165) is 25.3 Å². The zero-order valence-electron chi connectivity index (χ0n) is 10.7. The summed E-state index contributed by atoms with van der Waals surface area (Å²) in [5.74, 6) is 0.561. The maximum absolute atomic E-state index is 4.33. The molecule has 1 saturated heterocycles. The van der Waals surface area contributed by atoms with Crippen LogP contribution >= 0.6 is 0 Å². The van der Waals surface area contributed by atoms with Crippen LogP contribution in [0, 0.1) is 0 Å². The molecule has 5 heteroatoms. The fourth-order valence-electron chi connectivity index (χ4n) is 2.58. The molecule has 1 unspecified atom stereocenters. The highest BCUT2D eigenvalue weighted by Gasteiger charge is 2.19. The number of hydrogen-bond acceptors (Lipinski definition) is 3. The maximum Gasteiger partial charge on any atom is 0.0995 e. The van der Waals surface area contributed by atoms with Crippen LogP contribution in [0.4, 0.5) is 0 Å². The summed E-state index contributed by atoms with van der Waals surface area (Å²) >= 11 is 0. The number of piperidine rings is 1. The zero-order valence-corrected chi connectivity index (χ0v) is 10.7. The Hall–Kier alpha value is -1.62. The number of hydrogen-bond donors (Lipinski definition) is 1. The highest BCUT2D eigenvalue weighted by Crippen LogP contribution is 2.25. The van der Waals surface area contributed by atoms with Crippen molar-refractivity contribution in [2.75, 3.05) is 13.1 Å². The first-order valence-corrected chi connectivity index (χ1v) is 6.64. The van der Waals surface area contributed by atoms with Crippen molar-refractivity contribution in [3.63, 3.8) is 0 Å². The summed E-state index contributed by atoms with van der Waals surface area (Å²) in [6.07, 6.45) is 10.3. The van der Waals surface area contributed by atoms with Crippen molar-refractivity contribution in [1.29, 1.82) is 0 Å². The third-order valence-electron chi connectivity index (χ3n) is 3.60. The number of nitrogens with one attached hydrogen (secondary N) is 1. The summed E-state index contributed by atoms with van der Waals surface area (Å²) in [7, 11) is 0. The van der Waals surface area contributed by atoms with Crippen LogP contribution in [0.25, 0.3) is 5.69 Å². The summed E-state index contributed by atoms with van der Waals surface area (Å²) in [5.41, 5.74) is 2.40. The Kier molecular flexibility index (Phi) is 3.15. The van der Waals surface area contributed by atoms with Crippen molar-refractivity contribution >= 4 is 0 Å². The minimum atomic E-state index is 0.561. The second-order valence-corrected chi connectivity index (χ2v) is 4.79. The van der Waals surface area contributed by atoms with Crippen LogP contribution in [-0.4, -0.2) is 32.4 Å². The van der Waals surface area contributed by atoms with Crippen molar-refractivity contribution in [3.05, 3.63) is 30.6 Å². The van der Waals surface area contributed by atoms with Crippen LogP contribution in [0.5, 0.6) is 0 Å². The minimum Gasteiger partial charge on any atom is -0.316 e. The lowest BCUT2D eigenvalue weighted by Crippen LogP contribution is -2.29. The third-order valence-corrected chi connectivity index (χ3v) is 3.60. The third kappa shape index (κ3) is 2.06. The maximum atomic E-state index is 4.33. The Balaban J connectivity index is 1.90. The quantitative estimate of drug-likeness (QED) is 0.892. The van der Waals surface area contributed by atoms with Crippen LogP contribution in [0.1, 0.15) is 31.4 Å². The van der Waals surface area contributed by atoms with E-state index in [2.05, 4.69) is 33.1 Å². The predicted octanol–water partition coefficient (Wildman–Crippen LogP) is 1.56. The molecule has 3 rings (SSSR count). The van der Waals surface area contributed by atoms with Crippen molar-refractivity contribution in [1.82, 2.24) is 24.6 Å². The van der Waals surface area contributed by atoms with E-state index in [1.807, 2.05) is 23.4 Å². The largest absolute Gasteiger partial charge is 0.316 e. The van der Waals surface area contributed by atoms with Gasteiger partial charge in [0.25, 0.3) is 0 Å². The second kappa shape index (κ2) is 4.94. The molecule has 1 N–H and O–H groups in total. The Labute approximate surface area is 107 Å². The molecule has 0 radical (unpaired) electrons. The number of aromatic nitrogens is 4. The van der Waals surface area contributed by atoms with Gasteiger partial charge in [-0.15, -0.1) is 0 Å². The van der Waals surface area contributed by atoms with Gasteiger partial charge in [-0.3, -0.25) is 9.25 Å². The Morgan fingerprint density at radius 2 is 2.39 bits per heavy atom. The van der Waals surface area contributed by atoms with Crippen LogP contribution in [0.2, 0.25) is 0 Å². The van der Waals surface area contributed by atoms with Gasteiger partial charge in [-0.2, -0.15) is 5.10 Å². The van der Waals surface area contributed by atoms with Crippen LogP contribution < -0.4 is 5.32 Å². The zero-order chi connectivity index (χ0) is 12.4. The van der Waals surface area contributed by atoms with E-state index in [4.69, 9.17) is 0 Å². The monoisotopic (exact) mass is 245 g/mol. The Bertz CT molecular complexity index is 507. The first-order chi connectivity index (χ1) is 8.88. The summed E-state index contributed by atoms with van der Waals surface area (Å²) < 4.78 is 4.11. The number of rotatable bonds is 3. The summed E-state index contributed by atoms with van der Waals surface area (Å²) in [5, 5.41) is 7.79. The second-order valence-electron chi connectivity index (χ2n) is 4.79. The lowest BCUT2D eigenvalue weighted by Gasteiger charge is -2.23. The van der Waals surface area contributed by atoms with Crippen molar-refractivity contribution < 1.29 is 0 Å². The minimum absolute atomic E-state index is 0.561. The fourth-order valence-corrected chi connectivity index (χ4v) is 2.58. The van der Waals surface area contributed by atoms with Gasteiger partial charge in [0, 0.05) is 37.1 Å². The van der Waals surface area contributed by atoms with E-state index < -0.39 is 0 Å². The van der Waals surface area contributed by atoms with Gasteiger partial charge in [-0.05, 0) is 26.3 Å². The average Bonchev–Trinajstić information content (AvgIpc) is 3.08. The molecule has 1 aliphatic heterocycles. The molecule has 5 nitrogen and oxygen atoms in total. The molecule has 0 aliphatic carbocycles. The number of imidazole rings is 1. The standard InChI is InChI=1S/C13H19N5/c1-2-17-9-12(7-16-17)18-10-15-8-13(18)11-4-3-5-14-6-11/h7-11,14H,2-6H2,1H3. The fraction of sp³-hybridized carbons (Fsp3) is 0.538. The van der Waals surface area contributed by atoms with E-state index in [1.54, 1.807) is 0 Å². The van der Waals surface area contributed by atoms with Gasteiger partial charge in [0.05, 0.1) is 18.2 Å². The van der Waals surface area contributed by atoms with Crippen molar-refractivity contribution in [2.45, 2.75) is 32.2 Å². The lowest BCUT2D eigenvalue weighted by atomic mass is 9.96. The van der Waals surface area contributed by atoms with E-state index in [-0.39, 0.29) is 0 Å². The van der Waals surface area contributed by atoms with E-state index in [9.17, 15) is 0 Å². The first kappa shape index (κ1) is 11.5. The molecule has 1 atom stereocenters. The molecule has 0 spiro atoms. The van der Waals surface area contributed by atoms with Gasteiger partial charge < -0.3 is 5.32 Å². The van der Waals surface area contributed by atoms with Gasteiger partial charge in [0.15, 0.2) is 0 Å². The summed E-state index contributed by atoms with van der Waals surface area (Å²) in [6.45, 7) is 5.18.